The predicted molar refractivity (Wildman–Crippen MR) is 111 cm³/mol. The Labute approximate surface area is 171 Å². The predicted octanol–water partition coefficient (Wildman–Crippen LogP) is 2.70. The van der Waals surface area contributed by atoms with E-state index in [1.54, 1.807) is 0 Å². The van der Waals surface area contributed by atoms with Gasteiger partial charge >= 0.3 is 0 Å². The van der Waals surface area contributed by atoms with Crippen LogP contribution in [0.15, 0.2) is 54.6 Å². The monoisotopic (exact) mass is 393 g/mol. The van der Waals surface area contributed by atoms with E-state index in [0.29, 0.717) is 19.0 Å². The minimum absolute atomic E-state index is 0.0508. The van der Waals surface area contributed by atoms with Gasteiger partial charge in [-0.3, -0.25) is 14.5 Å². The maximum atomic E-state index is 12.4. The van der Waals surface area contributed by atoms with Crippen molar-refractivity contribution in [2.45, 2.75) is 31.8 Å². The summed E-state index contributed by atoms with van der Waals surface area (Å²) in [4.78, 5) is 26.8. The second-order valence-corrected chi connectivity index (χ2v) is 7.79. The normalized spacial score (nSPS) is 19.4. The van der Waals surface area contributed by atoms with Gasteiger partial charge in [-0.1, -0.05) is 30.3 Å². The molecule has 1 aliphatic carbocycles. The van der Waals surface area contributed by atoms with Gasteiger partial charge in [-0.05, 0) is 48.6 Å². The van der Waals surface area contributed by atoms with Crippen LogP contribution in [-0.4, -0.2) is 42.4 Å². The molecule has 0 radical (unpaired) electrons. The lowest BCUT2D eigenvalue weighted by Gasteiger charge is -2.34. The smallest absolute Gasteiger partial charge is 0.237 e. The highest BCUT2D eigenvalue weighted by Gasteiger charge is 2.32. The lowest BCUT2D eigenvalue weighted by Crippen LogP contribution is -2.56. The number of rotatable bonds is 8. The van der Waals surface area contributed by atoms with Crippen LogP contribution >= 0.6 is 0 Å². The van der Waals surface area contributed by atoms with Gasteiger partial charge in [-0.25, -0.2) is 0 Å². The maximum absolute atomic E-state index is 12.4. The van der Waals surface area contributed by atoms with Crippen molar-refractivity contribution in [2.24, 2.45) is 5.92 Å². The van der Waals surface area contributed by atoms with Crippen molar-refractivity contribution in [2.75, 3.05) is 19.6 Å². The van der Waals surface area contributed by atoms with Gasteiger partial charge in [0, 0.05) is 26.2 Å². The number of para-hydroxylation sites is 1. The van der Waals surface area contributed by atoms with Crippen molar-refractivity contribution in [3.05, 3.63) is 60.2 Å². The summed E-state index contributed by atoms with van der Waals surface area (Å²) in [5.74, 6) is 2.04. The minimum Gasteiger partial charge on any atom is -0.457 e. The Morgan fingerprint density at radius 2 is 1.90 bits per heavy atom. The van der Waals surface area contributed by atoms with E-state index in [2.05, 4.69) is 15.5 Å². The number of carbonyl (C=O) groups excluding carboxylic acids is 2. The molecule has 2 fully saturated rings. The molecular weight excluding hydrogens is 366 g/mol. The number of nitrogens with one attached hydrogen (secondary N) is 2. The second kappa shape index (κ2) is 9.09. The molecule has 0 unspecified atom stereocenters. The fourth-order valence-electron chi connectivity index (χ4n) is 3.57. The van der Waals surface area contributed by atoms with E-state index < -0.39 is 6.04 Å². The molecule has 1 saturated heterocycles. The van der Waals surface area contributed by atoms with Gasteiger partial charge in [-0.2, -0.15) is 0 Å². The van der Waals surface area contributed by atoms with Gasteiger partial charge < -0.3 is 15.4 Å². The molecule has 6 heteroatoms. The van der Waals surface area contributed by atoms with Gasteiger partial charge in [0.05, 0.1) is 12.5 Å². The Bertz CT molecular complexity index is 851. The van der Waals surface area contributed by atoms with E-state index in [4.69, 9.17) is 4.74 Å². The Morgan fingerprint density at radius 1 is 1.10 bits per heavy atom. The summed E-state index contributed by atoms with van der Waals surface area (Å²) >= 11 is 0. The van der Waals surface area contributed by atoms with E-state index in [1.165, 1.54) is 12.8 Å². The van der Waals surface area contributed by atoms with Crippen LogP contribution in [0, 0.1) is 5.92 Å². The van der Waals surface area contributed by atoms with Crippen LogP contribution in [-0.2, 0) is 16.1 Å². The molecule has 2 amide bonds. The molecular formula is C23H27N3O3. The molecule has 2 N–H and O–H groups in total. The summed E-state index contributed by atoms with van der Waals surface area (Å²) in [5, 5.41) is 5.86. The number of hydrogen-bond acceptors (Lipinski definition) is 4. The van der Waals surface area contributed by atoms with Crippen LogP contribution < -0.4 is 15.4 Å². The maximum Gasteiger partial charge on any atom is 0.237 e. The molecule has 2 aromatic carbocycles. The molecule has 0 aromatic heterocycles. The summed E-state index contributed by atoms with van der Waals surface area (Å²) in [7, 11) is 0. The molecule has 29 heavy (non-hydrogen) atoms. The molecule has 152 valence electrons. The molecule has 2 aliphatic rings. The lowest BCUT2D eigenvalue weighted by molar-refractivity contribution is -0.134. The first kappa shape index (κ1) is 19.5. The van der Waals surface area contributed by atoms with E-state index in [1.807, 2.05) is 54.6 Å². The topological polar surface area (TPSA) is 70.7 Å². The molecule has 1 saturated carbocycles. The summed E-state index contributed by atoms with van der Waals surface area (Å²) in [6.45, 7) is 2.64. The van der Waals surface area contributed by atoms with Crippen molar-refractivity contribution in [3.8, 4) is 11.5 Å². The summed E-state index contributed by atoms with van der Waals surface area (Å²) in [6, 6.07) is 17.1. The van der Waals surface area contributed by atoms with Crippen molar-refractivity contribution in [3.63, 3.8) is 0 Å². The van der Waals surface area contributed by atoms with E-state index in [0.717, 1.165) is 30.2 Å². The molecule has 1 heterocycles. The SMILES string of the molecule is O=C(C[C@H]1C(=O)NCCN1Cc1cccc(Oc2ccccc2)c1)NCC1CC1. The fraction of sp³-hybridized carbons (Fsp3) is 0.391. The third-order valence-corrected chi connectivity index (χ3v) is 5.37. The Morgan fingerprint density at radius 3 is 2.69 bits per heavy atom. The highest BCUT2D eigenvalue weighted by Crippen LogP contribution is 2.27. The highest BCUT2D eigenvalue weighted by molar-refractivity contribution is 5.88. The number of piperazine rings is 1. The number of amides is 2. The van der Waals surface area contributed by atoms with Crippen LogP contribution in [0.2, 0.25) is 0 Å². The zero-order chi connectivity index (χ0) is 20.1. The number of hydrogen-bond donors (Lipinski definition) is 2. The van der Waals surface area contributed by atoms with E-state index in [9.17, 15) is 9.59 Å². The molecule has 1 atom stereocenters. The summed E-state index contributed by atoms with van der Waals surface area (Å²) < 4.78 is 5.92. The van der Waals surface area contributed by atoms with Crippen LogP contribution in [0.1, 0.15) is 24.8 Å². The first-order valence-electron chi connectivity index (χ1n) is 10.3. The standard InChI is InChI=1S/C23H27N3O3/c27-22(25-15-17-9-10-17)14-21-23(28)24-11-12-26(21)16-18-5-4-8-20(13-18)29-19-6-2-1-3-7-19/h1-8,13,17,21H,9-12,14-16H2,(H,24,28)(H,25,27)/t21-/m0/s1. The van der Waals surface area contributed by atoms with E-state index >= 15 is 0 Å². The van der Waals surface area contributed by atoms with Gasteiger partial charge in [-0.15, -0.1) is 0 Å². The van der Waals surface area contributed by atoms with Crippen molar-refractivity contribution in [1.82, 2.24) is 15.5 Å². The van der Waals surface area contributed by atoms with Gasteiger partial charge in [0.15, 0.2) is 0 Å². The molecule has 0 bridgehead atoms. The molecule has 4 rings (SSSR count). The third kappa shape index (κ3) is 5.57. The Kier molecular flexibility index (Phi) is 6.10. The van der Waals surface area contributed by atoms with Crippen LogP contribution in [0.25, 0.3) is 0 Å². The Hall–Kier alpha value is -2.86. The van der Waals surface area contributed by atoms with Crippen LogP contribution in [0.3, 0.4) is 0 Å². The third-order valence-electron chi connectivity index (χ3n) is 5.37. The van der Waals surface area contributed by atoms with Gasteiger partial charge in [0.2, 0.25) is 11.8 Å². The quantitative estimate of drug-likeness (QED) is 0.724. The first-order chi connectivity index (χ1) is 14.2. The highest BCUT2D eigenvalue weighted by atomic mass is 16.5. The minimum atomic E-state index is -0.443. The van der Waals surface area contributed by atoms with Crippen molar-refractivity contribution < 1.29 is 14.3 Å². The van der Waals surface area contributed by atoms with E-state index in [-0.39, 0.29) is 18.2 Å². The zero-order valence-electron chi connectivity index (χ0n) is 16.5. The van der Waals surface area contributed by atoms with Crippen LogP contribution in [0.4, 0.5) is 0 Å². The zero-order valence-corrected chi connectivity index (χ0v) is 16.5. The second-order valence-electron chi connectivity index (χ2n) is 7.79. The van der Waals surface area contributed by atoms with Crippen molar-refractivity contribution in [1.29, 1.82) is 0 Å². The van der Waals surface area contributed by atoms with Gasteiger partial charge in [0.25, 0.3) is 0 Å². The molecule has 0 spiro atoms. The number of benzene rings is 2. The van der Waals surface area contributed by atoms with Gasteiger partial charge in [0.1, 0.15) is 11.5 Å². The largest absolute Gasteiger partial charge is 0.457 e. The fourth-order valence-corrected chi connectivity index (χ4v) is 3.57. The average Bonchev–Trinajstić information content (AvgIpc) is 3.55. The number of nitrogens with zero attached hydrogens (tertiary/aromatic N) is 1. The van der Waals surface area contributed by atoms with Crippen LogP contribution in [0.5, 0.6) is 11.5 Å². The Balaban J connectivity index is 1.39. The number of carbonyl (C=O) groups is 2. The van der Waals surface area contributed by atoms with Crippen molar-refractivity contribution >= 4 is 11.8 Å². The molecule has 6 nitrogen and oxygen atoms in total. The molecule has 1 aliphatic heterocycles. The summed E-state index contributed by atoms with van der Waals surface area (Å²) in [6.07, 6.45) is 2.58. The summed E-state index contributed by atoms with van der Waals surface area (Å²) in [5.41, 5.74) is 1.05. The lowest BCUT2D eigenvalue weighted by atomic mass is 10.1. The first-order valence-corrected chi connectivity index (χ1v) is 10.3. The molecule has 2 aromatic rings. The number of ether oxygens (including phenoxy) is 1. The average molecular weight is 393 g/mol.